The number of carboxylic acid groups (broad SMARTS) is 1. The average Bonchev–Trinajstić information content (AvgIpc) is 3.51. The predicted octanol–water partition coefficient (Wildman–Crippen LogP) is 7.48. The number of aromatic nitrogens is 2. The SMILES string of the molecule is CCCCCCCOc1ccc(-c2cnc(-c3ccc(CC(NC(=O)c4ccc(C(C)(C)C)o4)C(=O)O)cc3)nc2)cc1. The van der Waals surface area contributed by atoms with E-state index in [1.54, 1.807) is 24.5 Å². The van der Waals surface area contributed by atoms with Crippen LogP contribution in [0.15, 0.2) is 77.5 Å². The summed E-state index contributed by atoms with van der Waals surface area (Å²) in [6.45, 7) is 8.87. The van der Waals surface area contributed by atoms with Crippen molar-refractivity contribution in [3.63, 3.8) is 0 Å². The summed E-state index contributed by atoms with van der Waals surface area (Å²) in [6, 6.07) is 17.5. The number of ether oxygens (including phenoxy) is 1. The summed E-state index contributed by atoms with van der Waals surface area (Å²) in [5.74, 6) is 0.478. The van der Waals surface area contributed by atoms with E-state index in [1.807, 2.05) is 69.3 Å². The molecule has 2 N–H and O–H groups in total. The number of carbonyl (C=O) groups excluding carboxylic acids is 1. The number of nitrogens with one attached hydrogen (secondary N) is 1. The quantitative estimate of drug-likeness (QED) is 0.148. The number of hydrogen-bond acceptors (Lipinski definition) is 6. The number of furan rings is 1. The van der Waals surface area contributed by atoms with E-state index in [0.717, 1.165) is 41.0 Å². The Labute approximate surface area is 253 Å². The van der Waals surface area contributed by atoms with Gasteiger partial charge in [-0.05, 0) is 41.8 Å². The molecule has 226 valence electrons. The Morgan fingerprint density at radius 1 is 0.860 bits per heavy atom. The van der Waals surface area contributed by atoms with E-state index in [4.69, 9.17) is 9.15 Å². The summed E-state index contributed by atoms with van der Waals surface area (Å²) in [4.78, 5) is 33.7. The molecule has 0 spiro atoms. The number of aliphatic carboxylic acids is 1. The minimum Gasteiger partial charge on any atom is -0.494 e. The van der Waals surface area contributed by atoms with Gasteiger partial charge in [0.15, 0.2) is 11.6 Å². The summed E-state index contributed by atoms with van der Waals surface area (Å²) < 4.78 is 11.5. The van der Waals surface area contributed by atoms with Gasteiger partial charge in [-0.1, -0.05) is 89.8 Å². The second kappa shape index (κ2) is 14.6. The van der Waals surface area contributed by atoms with E-state index >= 15 is 0 Å². The third-order valence-electron chi connectivity index (χ3n) is 7.18. The van der Waals surface area contributed by atoms with Gasteiger partial charge in [-0.3, -0.25) is 4.79 Å². The Bertz CT molecular complexity index is 1470. The molecule has 2 heterocycles. The first-order chi connectivity index (χ1) is 20.6. The van der Waals surface area contributed by atoms with Crippen molar-refractivity contribution in [1.82, 2.24) is 15.3 Å². The van der Waals surface area contributed by atoms with E-state index in [-0.39, 0.29) is 17.6 Å². The molecule has 0 aliphatic heterocycles. The van der Waals surface area contributed by atoms with Crippen molar-refractivity contribution in [2.45, 2.75) is 77.7 Å². The van der Waals surface area contributed by atoms with Crippen molar-refractivity contribution in [2.75, 3.05) is 6.61 Å². The fourth-order valence-corrected chi connectivity index (χ4v) is 4.58. The van der Waals surface area contributed by atoms with Crippen LogP contribution in [0, 0.1) is 0 Å². The smallest absolute Gasteiger partial charge is 0.326 e. The molecule has 2 aromatic carbocycles. The van der Waals surface area contributed by atoms with E-state index < -0.39 is 17.9 Å². The first-order valence-corrected chi connectivity index (χ1v) is 14.9. The number of carboxylic acids is 1. The summed E-state index contributed by atoms with van der Waals surface area (Å²) in [6.07, 6.45) is 9.74. The van der Waals surface area contributed by atoms with Crippen LogP contribution in [0.3, 0.4) is 0 Å². The molecule has 4 rings (SSSR count). The standard InChI is InChI=1S/C35H41N3O5/c1-5-6-7-8-9-20-42-28-16-14-25(15-17-28)27-22-36-32(37-23-27)26-12-10-24(11-13-26)21-29(34(40)41)38-33(39)30-18-19-31(43-30)35(2,3)4/h10-19,22-23,29H,5-9,20-21H2,1-4H3,(H,38,39)(H,40,41). The molecular weight excluding hydrogens is 542 g/mol. The lowest BCUT2D eigenvalue weighted by Gasteiger charge is -2.15. The van der Waals surface area contributed by atoms with Crippen molar-refractivity contribution in [3.05, 3.63) is 90.1 Å². The van der Waals surface area contributed by atoms with Gasteiger partial charge >= 0.3 is 5.97 Å². The van der Waals surface area contributed by atoms with Crippen LogP contribution in [0.5, 0.6) is 5.75 Å². The molecular formula is C35H41N3O5. The molecule has 2 aromatic heterocycles. The van der Waals surface area contributed by atoms with Gasteiger partial charge in [-0.2, -0.15) is 0 Å². The van der Waals surface area contributed by atoms with Gasteiger partial charge in [-0.25, -0.2) is 14.8 Å². The predicted molar refractivity (Wildman–Crippen MR) is 167 cm³/mol. The monoisotopic (exact) mass is 583 g/mol. The van der Waals surface area contributed by atoms with Gasteiger partial charge in [0.1, 0.15) is 17.6 Å². The fraction of sp³-hybridized carbons (Fsp3) is 0.371. The molecule has 1 atom stereocenters. The Balaban J connectivity index is 1.32. The zero-order valence-electron chi connectivity index (χ0n) is 25.4. The molecule has 1 unspecified atom stereocenters. The first-order valence-electron chi connectivity index (χ1n) is 14.9. The minimum absolute atomic E-state index is 0.0876. The van der Waals surface area contributed by atoms with E-state index in [1.165, 1.54) is 25.7 Å². The Morgan fingerprint density at radius 3 is 2.12 bits per heavy atom. The summed E-state index contributed by atoms with van der Waals surface area (Å²) in [7, 11) is 0. The van der Waals surface area contributed by atoms with Crippen LogP contribution in [0.25, 0.3) is 22.5 Å². The van der Waals surface area contributed by atoms with Crippen molar-refractivity contribution >= 4 is 11.9 Å². The number of amides is 1. The van der Waals surface area contributed by atoms with Gasteiger partial charge in [0.05, 0.1) is 6.61 Å². The third-order valence-corrected chi connectivity index (χ3v) is 7.18. The highest BCUT2D eigenvalue weighted by atomic mass is 16.5. The zero-order valence-corrected chi connectivity index (χ0v) is 25.4. The molecule has 0 radical (unpaired) electrons. The Kier molecular flexibility index (Phi) is 10.7. The molecule has 8 nitrogen and oxygen atoms in total. The molecule has 8 heteroatoms. The third kappa shape index (κ3) is 9.01. The second-order valence-corrected chi connectivity index (χ2v) is 11.8. The maximum Gasteiger partial charge on any atom is 0.326 e. The Hall–Kier alpha value is -4.46. The van der Waals surface area contributed by atoms with Crippen LogP contribution in [-0.2, 0) is 16.6 Å². The highest BCUT2D eigenvalue weighted by Crippen LogP contribution is 2.25. The van der Waals surface area contributed by atoms with Crippen LogP contribution < -0.4 is 10.1 Å². The summed E-state index contributed by atoms with van der Waals surface area (Å²) >= 11 is 0. The number of carbonyl (C=O) groups is 2. The van der Waals surface area contributed by atoms with Crippen LogP contribution in [0.1, 0.15) is 81.7 Å². The molecule has 0 aliphatic carbocycles. The highest BCUT2D eigenvalue weighted by Gasteiger charge is 2.25. The van der Waals surface area contributed by atoms with Crippen molar-refractivity contribution in [1.29, 1.82) is 0 Å². The van der Waals surface area contributed by atoms with Crippen LogP contribution >= 0.6 is 0 Å². The summed E-state index contributed by atoms with van der Waals surface area (Å²) in [5.41, 5.74) is 3.20. The van der Waals surface area contributed by atoms with Gasteiger partial charge in [0, 0.05) is 35.4 Å². The minimum atomic E-state index is -1.12. The number of benzene rings is 2. The van der Waals surface area contributed by atoms with E-state index in [0.29, 0.717) is 11.6 Å². The lowest BCUT2D eigenvalue weighted by Crippen LogP contribution is -2.42. The largest absolute Gasteiger partial charge is 0.494 e. The van der Waals surface area contributed by atoms with Crippen LogP contribution in [0.2, 0.25) is 0 Å². The lowest BCUT2D eigenvalue weighted by molar-refractivity contribution is -0.139. The zero-order chi connectivity index (χ0) is 30.8. The second-order valence-electron chi connectivity index (χ2n) is 11.8. The topological polar surface area (TPSA) is 115 Å². The van der Waals surface area contributed by atoms with Gasteiger partial charge < -0.3 is 19.6 Å². The normalized spacial score (nSPS) is 12.1. The van der Waals surface area contributed by atoms with Crippen molar-refractivity contribution < 1.29 is 23.8 Å². The number of hydrogen-bond donors (Lipinski definition) is 2. The van der Waals surface area contributed by atoms with Gasteiger partial charge in [-0.15, -0.1) is 0 Å². The van der Waals surface area contributed by atoms with Crippen molar-refractivity contribution in [2.24, 2.45) is 0 Å². The molecule has 4 aromatic rings. The van der Waals surface area contributed by atoms with E-state index in [2.05, 4.69) is 22.2 Å². The maximum atomic E-state index is 12.7. The molecule has 0 saturated heterocycles. The lowest BCUT2D eigenvalue weighted by atomic mass is 9.94. The molecule has 0 bridgehead atoms. The van der Waals surface area contributed by atoms with Crippen LogP contribution in [0.4, 0.5) is 0 Å². The average molecular weight is 584 g/mol. The van der Waals surface area contributed by atoms with E-state index in [9.17, 15) is 14.7 Å². The molecule has 1 amide bonds. The van der Waals surface area contributed by atoms with Gasteiger partial charge in [0.2, 0.25) is 0 Å². The molecule has 0 fully saturated rings. The van der Waals surface area contributed by atoms with Gasteiger partial charge in [0.25, 0.3) is 5.91 Å². The molecule has 0 saturated carbocycles. The number of nitrogens with zero attached hydrogens (tertiary/aromatic N) is 2. The number of rotatable bonds is 14. The highest BCUT2D eigenvalue weighted by molar-refractivity contribution is 5.94. The molecule has 43 heavy (non-hydrogen) atoms. The Morgan fingerprint density at radius 2 is 1.51 bits per heavy atom. The first kappa shape index (κ1) is 31.5. The maximum absolute atomic E-state index is 12.7. The fourth-order valence-electron chi connectivity index (χ4n) is 4.58. The van der Waals surface area contributed by atoms with Crippen LogP contribution in [-0.4, -0.2) is 39.6 Å². The number of unbranched alkanes of at least 4 members (excludes halogenated alkanes) is 4. The summed E-state index contributed by atoms with van der Waals surface area (Å²) in [5, 5.41) is 12.3. The van der Waals surface area contributed by atoms with Crippen molar-refractivity contribution in [3.8, 4) is 28.3 Å². The molecule has 0 aliphatic rings.